The van der Waals surface area contributed by atoms with Gasteiger partial charge in [-0.3, -0.25) is 4.79 Å². The van der Waals surface area contributed by atoms with Gasteiger partial charge in [0.1, 0.15) is 12.3 Å². The number of benzene rings is 1. The van der Waals surface area contributed by atoms with Crippen molar-refractivity contribution in [3.05, 3.63) is 28.3 Å². The fourth-order valence-electron chi connectivity index (χ4n) is 2.42. The molecule has 0 radical (unpaired) electrons. The van der Waals surface area contributed by atoms with Crippen molar-refractivity contribution in [2.45, 2.75) is 33.0 Å². The zero-order chi connectivity index (χ0) is 15.4. The molecule has 1 heterocycles. The molecular weight excluding hydrogens is 292 g/mol. The first-order chi connectivity index (χ1) is 9.95. The number of hydrogen-bond acceptors (Lipinski definition) is 3. The Balaban J connectivity index is 2.05. The maximum Gasteiger partial charge on any atom is 0.275 e. The topological polar surface area (TPSA) is 52.0 Å². The standard InChI is InChI=1S/C15H21ClN2O3/c1-10(2)17-14(19)7-18(3)6-11-4-13(16)5-12-8-20-9-21-15(11)12/h4-5,10H,6-9H2,1-3H3,(H,17,19)/p+1. The van der Waals surface area contributed by atoms with E-state index >= 15 is 0 Å². The zero-order valence-electron chi connectivity index (χ0n) is 12.7. The van der Waals surface area contributed by atoms with Gasteiger partial charge in [0, 0.05) is 16.6 Å². The molecule has 1 aromatic rings. The molecule has 1 aromatic carbocycles. The Morgan fingerprint density at radius 1 is 1.48 bits per heavy atom. The van der Waals surface area contributed by atoms with Crippen LogP contribution in [0.1, 0.15) is 25.0 Å². The summed E-state index contributed by atoms with van der Waals surface area (Å²) >= 11 is 6.14. The third kappa shape index (κ3) is 4.59. The van der Waals surface area contributed by atoms with E-state index in [-0.39, 0.29) is 18.7 Å². The molecule has 0 saturated carbocycles. The van der Waals surface area contributed by atoms with Crippen molar-refractivity contribution in [1.29, 1.82) is 0 Å². The molecule has 1 unspecified atom stereocenters. The Hall–Kier alpha value is -1.30. The fourth-order valence-corrected chi connectivity index (χ4v) is 2.69. The lowest BCUT2D eigenvalue weighted by Crippen LogP contribution is -3.09. The number of amides is 1. The third-order valence-corrected chi connectivity index (χ3v) is 3.37. The molecule has 1 atom stereocenters. The summed E-state index contributed by atoms with van der Waals surface area (Å²) in [5.74, 6) is 0.886. The number of ether oxygens (including phenoxy) is 2. The van der Waals surface area contributed by atoms with Crippen molar-refractivity contribution >= 4 is 17.5 Å². The van der Waals surface area contributed by atoms with E-state index in [0.717, 1.165) is 21.8 Å². The molecule has 1 amide bonds. The summed E-state index contributed by atoms with van der Waals surface area (Å²) < 4.78 is 10.9. The highest BCUT2D eigenvalue weighted by molar-refractivity contribution is 6.30. The molecule has 0 bridgehead atoms. The summed E-state index contributed by atoms with van der Waals surface area (Å²) in [6, 6.07) is 3.92. The van der Waals surface area contributed by atoms with Gasteiger partial charge in [-0.1, -0.05) is 11.6 Å². The number of hydrogen-bond donors (Lipinski definition) is 2. The van der Waals surface area contributed by atoms with Crippen LogP contribution in [-0.2, 0) is 22.7 Å². The van der Waals surface area contributed by atoms with E-state index in [1.165, 1.54) is 0 Å². The number of nitrogens with one attached hydrogen (secondary N) is 2. The van der Waals surface area contributed by atoms with Crippen LogP contribution in [0.3, 0.4) is 0 Å². The summed E-state index contributed by atoms with van der Waals surface area (Å²) in [6.07, 6.45) is 0. The minimum atomic E-state index is 0.0441. The first-order valence-electron chi connectivity index (χ1n) is 7.08. The number of likely N-dealkylation sites (N-methyl/N-ethyl adjacent to an activating group) is 1. The zero-order valence-corrected chi connectivity index (χ0v) is 13.4. The molecule has 0 aromatic heterocycles. The van der Waals surface area contributed by atoms with Crippen LogP contribution in [0.25, 0.3) is 0 Å². The van der Waals surface area contributed by atoms with Crippen LogP contribution in [0.5, 0.6) is 5.75 Å². The second-order valence-electron chi connectivity index (χ2n) is 5.70. The number of carbonyl (C=O) groups is 1. The molecule has 0 aliphatic carbocycles. The van der Waals surface area contributed by atoms with E-state index in [1.807, 2.05) is 33.0 Å². The van der Waals surface area contributed by atoms with Crippen LogP contribution in [-0.4, -0.2) is 32.3 Å². The summed E-state index contributed by atoms with van der Waals surface area (Å²) in [5.41, 5.74) is 1.97. The van der Waals surface area contributed by atoms with Crippen LogP contribution in [0.15, 0.2) is 12.1 Å². The lowest BCUT2D eigenvalue weighted by atomic mass is 10.1. The van der Waals surface area contributed by atoms with E-state index in [4.69, 9.17) is 21.1 Å². The SMILES string of the molecule is CC(C)NC(=O)C[NH+](C)Cc1cc(Cl)cc2c1OCOC2. The Bertz CT molecular complexity index is 520. The van der Waals surface area contributed by atoms with Crippen LogP contribution in [0, 0.1) is 0 Å². The fraction of sp³-hybridized carbons (Fsp3) is 0.533. The van der Waals surface area contributed by atoms with E-state index < -0.39 is 0 Å². The quantitative estimate of drug-likeness (QED) is 0.843. The number of rotatable bonds is 5. The average Bonchev–Trinajstić information content (AvgIpc) is 2.37. The van der Waals surface area contributed by atoms with Crippen molar-refractivity contribution in [3.63, 3.8) is 0 Å². The van der Waals surface area contributed by atoms with Crippen molar-refractivity contribution in [2.24, 2.45) is 0 Å². The molecule has 116 valence electrons. The van der Waals surface area contributed by atoms with Gasteiger partial charge in [-0.2, -0.15) is 0 Å². The normalized spacial score (nSPS) is 15.3. The molecule has 2 rings (SSSR count). The van der Waals surface area contributed by atoms with Gasteiger partial charge in [-0.25, -0.2) is 0 Å². The highest BCUT2D eigenvalue weighted by Gasteiger charge is 2.20. The van der Waals surface area contributed by atoms with Crippen molar-refractivity contribution in [1.82, 2.24) is 5.32 Å². The average molecular weight is 314 g/mol. The van der Waals surface area contributed by atoms with Crippen LogP contribution < -0.4 is 15.0 Å². The van der Waals surface area contributed by atoms with E-state index in [9.17, 15) is 4.79 Å². The van der Waals surface area contributed by atoms with Gasteiger partial charge in [0.15, 0.2) is 13.3 Å². The van der Waals surface area contributed by atoms with Crippen molar-refractivity contribution in [3.8, 4) is 5.75 Å². The Morgan fingerprint density at radius 3 is 2.95 bits per heavy atom. The monoisotopic (exact) mass is 313 g/mol. The Kier molecular flexibility index (Phi) is 5.45. The maximum absolute atomic E-state index is 11.8. The predicted molar refractivity (Wildman–Crippen MR) is 80.5 cm³/mol. The van der Waals surface area contributed by atoms with Gasteiger partial charge in [-0.05, 0) is 26.0 Å². The lowest BCUT2D eigenvalue weighted by Gasteiger charge is -2.22. The smallest absolute Gasteiger partial charge is 0.275 e. The number of quaternary nitrogens is 1. The van der Waals surface area contributed by atoms with E-state index in [0.29, 0.717) is 24.7 Å². The van der Waals surface area contributed by atoms with Gasteiger partial charge in [-0.15, -0.1) is 0 Å². The molecule has 0 fully saturated rings. The van der Waals surface area contributed by atoms with Crippen molar-refractivity contribution < 1.29 is 19.2 Å². The molecule has 1 aliphatic rings. The van der Waals surface area contributed by atoms with Gasteiger partial charge < -0.3 is 19.7 Å². The van der Waals surface area contributed by atoms with Crippen LogP contribution in [0.4, 0.5) is 0 Å². The molecule has 2 N–H and O–H groups in total. The molecule has 0 spiro atoms. The summed E-state index contributed by atoms with van der Waals surface area (Å²) in [4.78, 5) is 12.9. The summed E-state index contributed by atoms with van der Waals surface area (Å²) in [6.45, 7) is 5.76. The molecule has 5 nitrogen and oxygen atoms in total. The lowest BCUT2D eigenvalue weighted by molar-refractivity contribution is -0.885. The number of fused-ring (bicyclic) bond motifs is 1. The number of carbonyl (C=O) groups excluding carboxylic acids is 1. The highest BCUT2D eigenvalue weighted by atomic mass is 35.5. The van der Waals surface area contributed by atoms with E-state index in [2.05, 4.69) is 5.32 Å². The minimum absolute atomic E-state index is 0.0441. The van der Waals surface area contributed by atoms with Crippen LogP contribution in [0.2, 0.25) is 5.02 Å². The first-order valence-corrected chi connectivity index (χ1v) is 7.46. The van der Waals surface area contributed by atoms with Gasteiger partial charge >= 0.3 is 0 Å². The van der Waals surface area contributed by atoms with Gasteiger partial charge in [0.25, 0.3) is 5.91 Å². The van der Waals surface area contributed by atoms with E-state index in [1.54, 1.807) is 0 Å². The van der Waals surface area contributed by atoms with Gasteiger partial charge in [0.2, 0.25) is 0 Å². The second kappa shape index (κ2) is 7.11. The van der Waals surface area contributed by atoms with Gasteiger partial charge in [0.05, 0.1) is 19.2 Å². The molecule has 1 aliphatic heterocycles. The van der Waals surface area contributed by atoms with Crippen LogP contribution >= 0.6 is 11.6 Å². The predicted octanol–water partition coefficient (Wildman–Crippen LogP) is 0.746. The minimum Gasteiger partial charge on any atom is -0.467 e. The Morgan fingerprint density at radius 2 is 2.24 bits per heavy atom. The molecule has 0 saturated heterocycles. The third-order valence-electron chi connectivity index (χ3n) is 3.16. The van der Waals surface area contributed by atoms with Crippen molar-refractivity contribution in [2.75, 3.05) is 20.4 Å². The Labute approximate surface area is 130 Å². The largest absolute Gasteiger partial charge is 0.467 e. The highest BCUT2D eigenvalue weighted by Crippen LogP contribution is 2.31. The second-order valence-corrected chi connectivity index (χ2v) is 6.13. The molecule has 21 heavy (non-hydrogen) atoms. The maximum atomic E-state index is 11.8. The summed E-state index contributed by atoms with van der Waals surface area (Å²) in [7, 11) is 1.98. The first kappa shape index (κ1) is 16.1. The number of halogens is 1. The molecular formula is C15H22ClN2O3+. The molecule has 6 heteroatoms. The summed E-state index contributed by atoms with van der Waals surface area (Å²) in [5, 5.41) is 3.56.